The molecule has 8 amide bonds. The number of likely N-dealkylation sites (N-methyl/N-ethyl adjacent to an activating group) is 2. The van der Waals surface area contributed by atoms with Crippen LogP contribution in [-0.2, 0) is 77.4 Å². The number of aryl methyl sites for hydroxylation is 2. The van der Waals surface area contributed by atoms with E-state index in [1.807, 2.05) is 88.4 Å². The van der Waals surface area contributed by atoms with E-state index in [2.05, 4.69) is 141 Å². The number of aromatic nitrogens is 10. The van der Waals surface area contributed by atoms with Crippen molar-refractivity contribution in [3.8, 4) is 34.3 Å². The molecule has 131 heavy (non-hydrogen) atoms. The van der Waals surface area contributed by atoms with Gasteiger partial charge in [0.05, 0.1) is 116 Å². The van der Waals surface area contributed by atoms with Crippen molar-refractivity contribution in [1.82, 2.24) is 100 Å². The number of nitrogens with zero attached hydrogens (tertiary/aromatic N) is 19. The first-order chi connectivity index (χ1) is 63.7. The summed E-state index contributed by atoms with van der Waals surface area (Å²) in [7, 11) is 4.33. The number of imidazole rings is 2. The number of carbonyl (C=O) groups is 8. The number of rotatable bonds is 48. The molecule has 692 valence electrons. The fraction of sp³-hybridized carbons (Fsp3) is 0.458. The van der Waals surface area contributed by atoms with E-state index in [0.29, 0.717) is 126 Å². The minimum Gasteiger partial charge on any atom is -0.494 e. The Balaban J connectivity index is 0.455. The lowest BCUT2D eigenvalue weighted by Crippen LogP contribution is -2.51. The number of hydrogen-bond donors (Lipinski definition) is 6. The van der Waals surface area contributed by atoms with Crippen molar-refractivity contribution in [3.63, 3.8) is 0 Å². The molecule has 0 aliphatic carbocycles. The number of fused-ring (bicyclic) bond motifs is 4. The molecule has 10 aromatic rings. The van der Waals surface area contributed by atoms with Crippen LogP contribution < -0.4 is 41.0 Å². The van der Waals surface area contributed by atoms with Crippen LogP contribution in [0.2, 0.25) is 0 Å². The van der Waals surface area contributed by atoms with Crippen LogP contribution in [0.25, 0.3) is 44.8 Å². The first-order valence-electron chi connectivity index (χ1n) is 46.1. The van der Waals surface area contributed by atoms with Crippen LogP contribution in [0.3, 0.4) is 0 Å². The summed E-state index contributed by atoms with van der Waals surface area (Å²) < 4.78 is 15.5. The van der Waals surface area contributed by atoms with Gasteiger partial charge in [-0.25, -0.2) is 9.97 Å². The maximum atomic E-state index is 14.2. The van der Waals surface area contributed by atoms with E-state index < -0.39 is 42.6 Å². The maximum absolute atomic E-state index is 14.2. The summed E-state index contributed by atoms with van der Waals surface area (Å²) in [6.45, 7) is 17.1. The second kappa shape index (κ2) is 45.8. The molecule has 2 saturated heterocycles. The Kier molecular flexibility index (Phi) is 32.8. The van der Waals surface area contributed by atoms with Gasteiger partial charge in [0.25, 0.3) is 0 Å². The fourth-order valence-corrected chi connectivity index (χ4v) is 16.7. The summed E-state index contributed by atoms with van der Waals surface area (Å²) in [5, 5.41) is 26.0. The molecule has 0 radical (unpaired) electrons. The van der Waals surface area contributed by atoms with Crippen molar-refractivity contribution in [1.29, 1.82) is 0 Å². The quantitative estimate of drug-likeness (QED) is 0.0196. The molecular weight excluding hydrogens is 1660 g/mol. The van der Waals surface area contributed by atoms with Crippen molar-refractivity contribution in [2.45, 2.75) is 131 Å². The Bertz CT molecular complexity index is 5700. The highest BCUT2D eigenvalue weighted by Gasteiger charge is 2.31. The molecule has 35 heteroatoms. The number of carbonyl (C=O) groups excluding carboxylic acids is 8. The van der Waals surface area contributed by atoms with Gasteiger partial charge in [-0.15, -0.1) is 10.2 Å². The van der Waals surface area contributed by atoms with Gasteiger partial charge >= 0.3 is 0 Å². The Labute approximate surface area is 763 Å². The third kappa shape index (κ3) is 26.1. The molecule has 0 bridgehead atoms. The van der Waals surface area contributed by atoms with Gasteiger partial charge in [0.1, 0.15) is 28.8 Å². The van der Waals surface area contributed by atoms with Crippen LogP contribution in [0.1, 0.15) is 126 Å². The summed E-state index contributed by atoms with van der Waals surface area (Å²) in [6, 6.07) is 41.3. The van der Waals surface area contributed by atoms with Gasteiger partial charge in [-0.2, -0.15) is 0 Å². The summed E-state index contributed by atoms with van der Waals surface area (Å²) in [5.41, 5.74) is 23.1. The largest absolute Gasteiger partial charge is 0.494 e. The topological polar surface area (TPSA) is 390 Å². The van der Waals surface area contributed by atoms with Gasteiger partial charge < -0.3 is 85.2 Å². The number of aromatic amines is 2. The number of hydrogen-bond acceptors (Lipinski definition) is 23. The minimum atomic E-state index is -0.775. The van der Waals surface area contributed by atoms with Crippen LogP contribution in [-0.4, -0.2) is 301 Å². The van der Waals surface area contributed by atoms with Gasteiger partial charge in [0.15, 0.2) is 0 Å². The molecule has 2 fully saturated rings. The van der Waals surface area contributed by atoms with E-state index in [1.54, 1.807) is 21.8 Å². The van der Waals surface area contributed by atoms with Crippen LogP contribution in [0.4, 0.5) is 22.7 Å². The number of nitrogens with two attached hydrogens (primary N) is 1. The molecule has 8 heterocycles. The third-order valence-corrected chi connectivity index (χ3v) is 23.8. The first-order valence-corrected chi connectivity index (χ1v) is 46.1. The highest BCUT2D eigenvalue weighted by Crippen LogP contribution is 2.37. The smallest absolute Gasteiger partial charge is 0.243 e. The van der Waals surface area contributed by atoms with E-state index in [-0.39, 0.29) is 96.0 Å². The minimum absolute atomic E-state index is 0.0871. The zero-order chi connectivity index (χ0) is 91.7. The number of primary amides is 1. The number of anilines is 2. The summed E-state index contributed by atoms with van der Waals surface area (Å²) in [4.78, 5) is 152. The Morgan fingerprint density at radius 3 is 1.44 bits per heavy atom. The standard InChI is InChI=1S/C96H123N25O10/c1-7-33-115(90(125)58-98-57-73-60-120(109-107-73)37-15-31-99-89(124)22-14-48-131-78-20-12-18-69(52-78)95-103-81-28-24-70(53-85(81)105-95)96-104-82-30-26-76(56-86(82)106-96)114-45-41-112(6)42-46-114)63-91(126)116(34-8-2)64-92(127)117(35-9-3)65-93(128)118(36-10-4)66-94(129)119(62-87(97)122)59-74-61-121(110-108-74)38-16-32-100-88(123)21-13-47-130-77-19-11-17-67(51-77)83-54-71-49-68(23-27-79(71)101-83)84-55-72-50-75(25-29-80(72)102-84)113-43-39-111(5)40-44-113/h11-12,17-20,23-30,49-53,56,60-61,98H,7-10,13-16,21-22,31-48,54-55,57-59,62-66H2,1-6H3,(H2,97,122)(H,99,124)(H,100,123)(H,103,105)(H,104,106). The highest BCUT2D eigenvalue weighted by atomic mass is 16.5. The van der Waals surface area contributed by atoms with E-state index in [0.717, 1.165) is 132 Å². The van der Waals surface area contributed by atoms with Crippen LogP contribution in [0, 0.1) is 0 Å². The Morgan fingerprint density at radius 2 is 0.901 bits per heavy atom. The summed E-state index contributed by atoms with van der Waals surface area (Å²) in [5.74, 6) is -0.405. The molecule has 4 aromatic heterocycles. The normalized spacial score (nSPS) is 13.8. The number of benzene rings is 6. The number of piperazine rings is 2. The monoisotopic (exact) mass is 1790 g/mol. The van der Waals surface area contributed by atoms with Crippen molar-refractivity contribution in [2.24, 2.45) is 15.7 Å². The molecule has 35 nitrogen and oxygen atoms in total. The number of aliphatic imine (C=N–C) groups is 2. The lowest BCUT2D eigenvalue weighted by Gasteiger charge is -2.34. The second-order valence-electron chi connectivity index (χ2n) is 34.2. The van der Waals surface area contributed by atoms with E-state index in [4.69, 9.17) is 35.2 Å². The van der Waals surface area contributed by atoms with Crippen molar-refractivity contribution >= 4 is 103 Å². The molecule has 14 rings (SSSR count). The van der Waals surface area contributed by atoms with Gasteiger partial charge in [-0.05, 0) is 179 Å². The number of amides is 8. The van der Waals surface area contributed by atoms with Gasteiger partial charge in [0.2, 0.25) is 47.3 Å². The summed E-state index contributed by atoms with van der Waals surface area (Å²) >= 11 is 0. The molecule has 7 N–H and O–H groups in total. The van der Waals surface area contributed by atoms with E-state index in [1.165, 1.54) is 47.0 Å². The second-order valence-corrected chi connectivity index (χ2v) is 34.2. The number of ether oxygens (including phenoxy) is 2. The van der Waals surface area contributed by atoms with Crippen molar-refractivity contribution in [3.05, 3.63) is 167 Å². The fourth-order valence-electron chi connectivity index (χ4n) is 16.7. The molecule has 4 aliphatic heterocycles. The summed E-state index contributed by atoms with van der Waals surface area (Å²) in [6.07, 6.45) is 9.68. The lowest BCUT2D eigenvalue weighted by molar-refractivity contribution is -0.147. The molecule has 4 aliphatic rings. The molecular formula is C96H123N25O10. The predicted octanol–water partition coefficient (Wildman–Crippen LogP) is 8.10. The molecule has 0 unspecified atom stereocenters. The van der Waals surface area contributed by atoms with E-state index >= 15 is 0 Å². The average molecular weight is 1790 g/mol. The Morgan fingerprint density at radius 1 is 0.458 bits per heavy atom. The lowest BCUT2D eigenvalue weighted by atomic mass is 9.98. The maximum Gasteiger partial charge on any atom is 0.243 e. The third-order valence-electron chi connectivity index (χ3n) is 23.8. The van der Waals surface area contributed by atoms with Crippen LogP contribution >= 0.6 is 0 Å². The number of H-pyrrole nitrogens is 2. The highest BCUT2D eigenvalue weighted by molar-refractivity contribution is 6.10. The molecule has 6 aromatic carbocycles. The van der Waals surface area contributed by atoms with Crippen LogP contribution in [0.5, 0.6) is 11.5 Å². The molecule has 0 atom stereocenters. The van der Waals surface area contributed by atoms with Gasteiger partial charge in [-0.3, -0.25) is 57.7 Å². The Hall–Kier alpha value is -13.3. The first kappa shape index (κ1) is 93.9. The van der Waals surface area contributed by atoms with Crippen molar-refractivity contribution in [2.75, 3.05) is 168 Å². The predicted molar refractivity (Wildman–Crippen MR) is 504 cm³/mol. The van der Waals surface area contributed by atoms with Crippen molar-refractivity contribution < 1.29 is 47.8 Å². The van der Waals surface area contributed by atoms with Gasteiger partial charge in [-0.1, -0.05) is 68.5 Å². The molecule has 0 spiro atoms. The average Bonchev–Trinajstić information content (AvgIpc) is 1.64. The molecule has 0 saturated carbocycles. The zero-order valence-corrected chi connectivity index (χ0v) is 76.2. The zero-order valence-electron chi connectivity index (χ0n) is 76.2. The van der Waals surface area contributed by atoms with E-state index in [9.17, 15) is 38.4 Å². The SMILES string of the molecule is CCCN(CC(=O)N(CCC)CC(=O)N(CCC)CC(=O)N(CCC)CC(=O)N(CC(N)=O)Cc1cn(CCCNC(=O)CCCOc2cccc(C3=Nc4ccc(C5=Nc6ccc(N7CCN(C)CC7)cc6C5)cc4C3)c2)nn1)C(=O)CNCc1cn(CCCNC(=O)CCCOc2cccc(-c3nc4ccc(-c5nc6ccc(N7CCN(C)CC7)cc6[nH]5)cc4[nH]3)c2)nn1. The number of nitrogens with one attached hydrogen (secondary N) is 5. The van der Waals surface area contributed by atoms with Gasteiger partial charge in [0, 0.05) is 166 Å². The van der Waals surface area contributed by atoms with Crippen LogP contribution in [0.15, 0.2) is 144 Å².